The lowest BCUT2D eigenvalue weighted by Crippen LogP contribution is -1.76. The molecular formula is C5H6NO. The second-order valence-electron chi connectivity index (χ2n) is 1.20. The third-order valence-corrected chi connectivity index (χ3v) is 0.660. The van der Waals surface area contributed by atoms with Gasteiger partial charge in [-0.1, -0.05) is 5.16 Å². The van der Waals surface area contributed by atoms with Gasteiger partial charge in [-0.25, -0.2) is 0 Å². The van der Waals surface area contributed by atoms with Crippen LogP contribution in [0.25, 0.3) is 0 Å². The third-order valence-electron chi connectivity index (χ3n) is 0.660. The number of nitrogens with zero attached hydrogens (tertiary/aromatic N) is 1. The number of oxime groups is 1. The number of hydrogen-bond acceptors (Lipinski definition) is 2. The first-order chi connectivity index (χ1) is 3.50. The molecule has 0 N–H and O–H groups in total. The van der Waals surface area contributed by atoms with Crippen molar-refractivity contribution in [2.45, 2.75) is 6.42 Å². The molecule has 0 atom stereocenters. The van der Waals surface area contributed by atoms with Crippen LogP contribution in [-0.2, 0) is 4.84 Å². The van der Waals surface area contributed by atoms with E-state index in [0.29, 0.717) is 6.61 Å². The number of hydrogen-bond donors (Lipinski definition) is 0. The highest BCUT2D eigenvalue weighted by molar-refractivity contribution is 5.57. The van der Waals surface area contributed by atoms with Crippen LogP contribution in [0.2, 0.25) is 0 Å². The van der Waals surface area contributed by atoms with Crippen molar-refractivity contribution in [3.8, 4) is 0 Å². The van der Waals surface area contributed by atoms with Gasteiger partial charge in [0.15, 0.2) is 0 Å². The Morgan fingerprint density at radius 1 is 1.71 bits per heavy atom. The van der Waals surface area contributed by atoms with Gasteiger partial charge in [0, 0.05) is 12.6 Å². The summed E-state index contributed by atoms with van der Waals surface area (Å²) in [6, 6.07) is 0. The van der Waals surface area contributed by atoms with Gasteiger partial charge >= 0.3 is 0 Å². The van der Waals surface area contributed by atoms with E-state index < -0.39 is 0 Å². The monoisotopic (exact) mass is 96.0 g/mol. The maximum Gasteiger partial charge on any atom is 0.136 e. The highest BCUT2D eigenvalue weighted by Gasteiger charge is 1.80. The molecule has 0 amide bonds. The van der Waals surface area contributed by atoms with Crippen molar-refractivity contribution in [2.75, 3.05) is 6.61 Å². The van der Waals surface area contributed by atoms with Crippen LogP contribution in [0.15, 0.2) is 11.2 Å². The Morgan fingerprint density at radius 3 is 3.71 bits per heavy atom. The quantitative estimate of drug-likeness (QED) is 0.436. The summed E-state index contributed by atoms with van der Waals surface area (Å²) in [6.07, 6.45) is 7.24. The first-order valence-corrected chi connectivity index (χ1v) is 2.19. The molecule has 2 heteroatoms. The smallest absolute Gasteiger partial charge is 0.136 e. The Labute approximate surface area is 42.5 Å². The first kappa shape index (κ1) is 4.37. The first-order valence-electron chi connectivity index (χ1n) is 2.19. The molecule has 0 fully saturated rings. The Kier molecular flexibility index (Phi) is 1.50. The Morgan fingerprint density at radius 2 is 2.71 bits per heavy atom. The van der Waals surface area contributed by atoms with Crippen LogP contribution in [0.5, 0.6) is 0 Å². The van der Waals surface area contributed by atoms with Crippen LogP contribution in [-0.4, -0.2) is 12.8 Å². The van der Waals surface area contributed by atoms with E-state index in [4.69, 9.17) is 0 Å². The molecule has 0 saturated carbocycles. The van der Waals surface area contributed by atoms with E-state index in [2.05, 4.69) is 16.1 Å². The van der Waals surface area contributed by atoms with Gasteiger partial charge in [0.1, 0.15) is 6.61 Å². The van der Waals surface area contributed by atoms with Gasteiger partial charge in [-0.05, 0) is 12.2 Å². The molecule has 0 aromatic carbocycles. The third kappa shape index (κ3) is 1.39. The molecule has 1 radical (unpaired) electrons. The van der Waals surface area contributed by atoms with E-state index in [0.717, 1.165) is 6.42 Å². The molecule has 0 saturated heterocycles. The molecule has 0 unspecified atom stereocenters. The van der Waals surface area contributed by atoms with Gasteiger partial charge in [0.05, 0.1) is 0 Å². The normalized spacial score (nSPS) is 18.3. The van der Waals surface area contributed by atoms with Crippen LogP contribution >= 0.6 is 0 Å². The molecule has 2 nitrogen and oxygen atoms in total. The van der Waals surface area contributed by atoms with Crippen molar-refractivity contribution in [1.82, 2.24) is 0 Å². The van der Waals surface area contributed by atoms with Gasteiger partial charge in [0.2, 0.25) is 0 Å². The molecule has 0 aliphatic carbocycles. The van der Waals surface area contributed by atoms with E-state index in [1.807, 2.05) is 6.08 Å². The summed E-state index contributed by atoms with van der Waals surface area (Å²) in [7, 11) is 0. The van der Waals surface area contributed by atoms with Crippen molar-refractivity contribution in [2.24, 2.45) is 5.16 Å². The maximum atomic E-state index is 4.65. The topological polar surface area (TPSA) is 21.6 Å². The average Bonchev–Trinajstić information content (AvgIpc) is 1.90. The van der Waals surface area contributed by atoms with Crippen molar-refractivity contribution in [3.05, 3.63) is 12.2 Å². The van der Waals surface area contributed by atoms with Gasteiger partial charge in [0.25, 0.3) is 0 Å². The lowest BCUT2D eigenvalue weighted by Gasteiger charge is -1.84. The zero-order valence-corrected chi connectivity index (χ0v) is 3.92. The predicted octanol–water partition coefficient (Wildman–Crippen LogP) is 0.752. The van der Waals surface area contributed by atoms with Crippen LogP contribution in [0, 0.1) is 6.08 Å². The minimum absolute atomic E-state index is 0.566. The van der Waals surface area contributed by atoms with Crippen LogP contribution in [0.3, 0.4) is 0 Å². The Balaban J connectivity index is 2.38. The molecule has 0 aromatic heterocycles. The van der Waals surface area contributed by atoms with Gasteiger partial charge < -0.3 is 4.84 Å². The minimum atomic E-state index is 0.566. The molecule has 0 spiro atoms. The summed E-state index contributed by atoms with van der Waals surface area (Å²) in [5.74, 6) is 0. The second kappa shape index (κ2) is 2.39. The minimum Gasteiger partial charge on any atom is -0.392 e. The number of allylic oxidation sites excluding steroid dienone is 1. The zero-order valence-electron chi connectivity index (χ0n) is 3.92. The van der Waals surface area contributed by atoms with E-state index in [1.54, 1.807) is 6.21 Å². The summed E-state index contributed by atoms with van der Waals surface area (Å²) in [5, 5.41) is 3.55. The lowest BCUT2D eigenvalue weighted by atomic mass is 10.4. The van der Waals surface area contributed by atoms with Crippen molar-refractivity contribution >= 4 is 6.21 Å². The van der Waals surface area contributed by atoms with E-state index in [-0.39, 0.29) is 0 Å². The molecular weight excluding hydrogens is 90.1 g/mol. The van der Waals surface area contributed by atoms with Gasteiger partial charge in [-0.15, -0.1) is 0 Å². The fourth-order valence-electron chi connectivity index (χ4n) is 0.365. The molecule has 1 heterocycles. The van der Waals surface area contributed by atoms with Crippen LogP contribution in [0.4, 0.5) is 0 Å². The molecule has 1 aliphatic rings. The average molecular weight is 96.1 g/mol. The summed E-state index contributed by atoms with van der Waals surface area (Å²) in [5.41, 5.74) is 0. The van der Waals surface area contributed by atoms with Crippen molar-refractivity contribution in [3.63, 3.8) is 0 Å². The zero-order chi connectivity index (χ0) is 4.95. The molecule has 37 valence electrons. The molecule has 0 aromatic rings. The Hall–Kier alpha value is -0.790. The summed E-state index contributed by atoms with van der Waals surface area (Å²) >= 11 is 0. The highest BCUT2D eigenvalue weighted by atomic mass is 16.6. The number of rotatable bonds is 0. The van der Waals surface area contributed by atoms with E-state index >= 15 is 0 Å². The maximum absolute atomic E-state index is 4.65. The van der Waals surface area contributed by atoms with E-state index in [1.165, 1.54) is 0 Å². The van der Waals surface area contributed by atoms with Crippen molar-refractivity contribution in [1.29, 1.82) is 0 Å². The second-order valence-corrected chi connectivity index (χ2v) is 1.20. The van der Waals surface area contributed by atoms with Crippen LogP contribution in [0.1, 0.15) is 6.42 Å². The predicted molar refractivity (Wildman–Crippen MR) is 26.9 cm³/mol. The summed E-state index contributed by atoms with van der Waals surface area (Å²) in [4.78, 5) is 4.65. The molecule has 1 rings (SSSR count). The fraction of sp³-hybridized carbons (Fsp3) is 0.400. The lowest BCUT2D eigenvalue weighted by molar-refractivity contribution is 0.177. The van der Waals surface area contributed by atoms with Crippen molar-refractivity contribution < 1.29 is 4.84 Å². The van der Waals surface area contributed by atoms with Gasteiger partial charge in [-0.2, -0.15) is 0 Å². The van der Waals surface area contributed by atoms with Gasteiger partial charge in [-0.3, -0.25) is 0 Å². The molecule has 1 aliphatic heterocycles. The van der Waals surface area contributed by atoms with E-state index in [9.17, 15) is 0 Å². The van der Waals surface area contributed by atoms with Crippen LogP contribution < -0.4 is 0 Å². The largest absolute Gasteiger partial charge is 0.392 e. The SMILES string of the molecule is [C]1=CCON=CC1. The Bertz CT molecular complexity index is 84.3. The molecule has 7 heavy (non-hydrogen) atoms. The summed E-state index contributed by atoms with van der Waals surface area (Å²) in [6.45, 7) is 0.566. The standard InChI is InChI=1S/C5H6NO/c1-2-4-6-7-5-3-1/h3-4H,2,5H2. The summed E-state index contributed by atoms with van der Waals surface area (Å²) < 4.78 is 0. The highest BCUT2D eigenvalue weighted by Crippen LogP contribution is 1.85. The molecule has 0 bridgehead atoms. The fourth-order valence-corrected chi connectivity index (χ4v) is 0.365.